The second-order valence-corrected chi connectivity index (χ2v) is 10.9. The minimum Gasteiger partial charge on any atom is -0.495 e. The molecule has 0 spiro atoms. The molecule has 10 heteroatoms. The number of hydrogen-bond acceptors (Lipinski definition) is 5. The molecule has 0 radical (unpaired) electrons. The average Bonchev–Trinajstić information content (AvgIpc) is 2.76. The molecule has 1 aromatic rings. The number of carbonyl (C=O) groups excluding carboxylic acids is 3. The molecule has 3 atom stereocenters. The zero-order valence-electron chi connectivity index (χ0n) is 22.0. The molecule has 200 valence electrons. The van der Waals surface area contributed by atoms with Crippen molar-refractivity contribution in [2.45, 2.75) is 72.5 Å². The van der Waals surface area contributed by atoms with Crippen LogP contribution in [-0.2, 0) is 25.6 Å². The van der Waals surface area contributed by atoms with Crippen LogP contribution in [0.25, 0.3) is 0 Å². The van der Waals surface area contributed by atoms with Crippen molar-refractivity contribution >= 4 is 35.3 Å². The van der Waals surface area contributed by atoms with Gasteiger partial charge in [0.1, 0.15) is 17.8 Å². The molecule has 0 fully saturated rings. The zero-order chi connectivity index (χ0) is 27.8. The smallest absolute Gasteiger partial charge is 0.326 e. The second kappa shape index (κ2) is 12.8. The molecular formula is C26H38ClN3O6. The molecule has 0 aliphatic carbocycles. The molecule has 0 aromatic heterocycles. The van der Waals surface area contributed by atoms with Crippen molar-refractivity contribution in [2.75, 3.05) is 7.11 Å². The summed E-state index contributed by atoms with van der Waals surface area (Å²) in [6.45, 7) is 14.0. The Balaban J connectivity index is 3.04. The van der Waals surface area contributed by atoms with Gasteiger partial charge in [0.15, 0.2) is 0 Å². The van der Waals surface area contributed by atoms with Gasteiger partial charge in [0.25, 0.3) is 0 Å². The van der Waals surface area contributed by atoms with E-state index in [0.29, 0.717) is 16.3 Å². The lowest BCUT2D eigenvalue weighted by molar-refractivity contribution is -0.145. The van der Waals surface area contributed by atoms with Crippen molar-refractivity contribution in [1.82, 2.24) is 16.0 Å². The second-order valence-electron chi connectivity index (χ2n) is 10.5. The van der Waals surface area contributed by atoms with Crippen LogP contribution in [0.3, 0.4) is 0 Å². The third-order valence-corrected chi connectivity index (χ3v) is 6.22. The van der Waals surface area contributed by atoms with Crippen molar-refractivity contribution in [2.24, 2.45) is 10.8 Å². The summed E-state index contributed by atoms with van der Waals surface area (Å²) in [4.78, 5) is 49.9. The van der Waals surface area contributed by atoms with E-state index in [4.69, 9.17) is 16.3 Å². The van der Waals surface area contributed by atoms with Crippen molar-refractivity contribution in [3.8, 4) is 5.75 Å². The van der Waals surface area contributed by atoms with Crippen LogP contribution in [0, 0.1) is 10.8 Å². The monoisotopic (exact) mass is 523 g/mol. The molecule has 36 heavy (non-hydrogen) atoms. The maximum atomic E-state index is 13.2. The summed E-state index contributed by atoms with van der Waals surface area (Å²) < 4.78 is 5.15. The third-order valence-electron chi connectivity index (χ3n) is 5.92. The van der Waals surface area contributed by atoms with E-state index < -0.39 is 47.2 Å². The Labute approximate surface area is 218 Å². The Kier molecular flexibility index (Phi) is 11.0. The third kappa shape index (κ3) is 9.18. The maximum absolute atomic E-state index is 13.2. The molecule has 0 saturated heterocycles. The number of carboxylic acid groups (broad SMARTS) is 1. The summed E-state index contributed by atoms with van der Waals surface area (Å²) >= 11 is 6.19. The SMILES string of the molecule is C=CC(=O)NC(Cc1ccc(OC)c(Cl)c1)C(=O)NC(C)C(C)(C)C(=O)NC(CC(C)(C)C)C(=O)O. The van der Waals surface area contributed by atoms with Gasteiger partial charge in [-0.25, -0.2) is 4.79 Å². The lowest BCUT2D eigenvalue weighted by Crippen LogP contribution is -2.57. The summed E-state index contributed by atoms with van der Waals surface area (Å²) in [5.41, 5.74) is -0.791. The lowest BCUT2D eigenvalue weighted by Gasteiger charge is -2.34. The average molecular weight is 524 g/mol. The minimum atomic E-state index is -1.16. The molecule has 1 rings (SSSR count). The summed E-state index contributed by atoms with van der Waals surface area (Å²) in [7, 11) is 1.49. The van der Waals surface area contributed by atoms with E-state index in [1.807, 2.05) is 20.8 Å². The molecular weight excluding hydrogens is 486 g/mol. The molecule has 0 saturated carbocycles. The van der Waals surface area contributed by atoms with Crippen LogP contribution in [0.15, 0.2) is 30.9 Å². The van der Waals surface area contributed by atoms with E-state index in [-0.39, 0.29) is 18.3 Å². The van der Waals surface area contributed by atoms with Crippen LogP contribution < -0.4 is 20.7 Å². The molecule has 1 aromatic carbocycles. The highest BCUT2D eigenvalue weighted by atomic mass is 35.5. The van der Waals surface area contributed by atoms with Crippen molar-refractivity contribution in [3.63, 3.8) is 0 Å². The van der Waals surface area contributed by atoms with Crippen molar-refractivity contribution < 1.29 is 29.0 Å². The first-order valence-corrected chi connectivity index (χ1v) is 12.0. The molecule has 9 nitrogen and oxygen atoms in total. The first-order chi connectivity index (χ1) is 16.5. The zero-order valence-corrected chi connectivity index (χ0v) is 22.8. The predicted molar refractivity (Wildman–Crippen MR) is 139 cm³/mol. The largest absolute Gasteiger partial charge is 0.495 e. The molecule has 3 unspecified atom stereocenters. The van der Waals surface area contributed by atoms with Gasteiger partial charge in [0.2, 0.25) is 17.7 Å². The molecule has 4 N–H and O–H groups in total. The number of rotatable bonds is 12. The quantitative estimate of drug-likeness (QED) is 0.311. The Bertz CT molecular complexity index is 986. The van der Waals surface area contributed by atoms with E-state index in [2.05, 4.69) is 22.5 Å². The number of hydrogen-bond donors (Lipinski definition) is 4. The number of carbonyl (C=O) groups is 4. The van der Waals surface area contributed by atoms with Gasteiger partial charge in [-0.2, -0.15) is 0 Å². The van der Waals surface area contributed by atoms with Crippen LogP contribution in [0.2, 0.25) is 5.02 Å². The Hall–Kier alpha value is -3.07. The van der Waals surface area contributed by atoms with Crippen LogP contribution >= 0.6 is 11.6 Å². The highest BCUT2D eigenvalue weighted by Crippen LogP contribution is 2.26. The fourth-order valence-corrected chi connectivity index (χ4v) is 3.64. The van der Waals surface area contributed by atoms with E-state index in [9.17, 15) is 24.3 Å². The molecule has 3 amide bonds. The predicted octanol–water partition coefficient (Wildman–Crippen LogP) is 3.10. The Morgan fingerprint density at radius 1 is 1.08 bits per heavy atom. The van der Waals surface area contributed by atoms with Gasteiger partial charge in [-0.05, 0) is 56.4 Å². The van der Waals surface area contributed by atoms with E-state index in [1.165, 1.54) is 7.11 Å². The van der Waals surface area contributed by atoms with Gasteiger partial charge >= 0.3 is 5.97 Å². The Morgan fingerprint density at radius 2 is 1.69 bits per heavy atom. The Morgan fingerprint density at radius 3 is 2.17 bits per heavy atom. The van der Waals surface area contributed by atoms with Crippen molar-refractivity contribution in [1.29, 1.82) is 0 Å². The standard InChI is InChI=1S/C26H38ClN3O6/c1-9-21(31)29-18(13-16-10-11-20(36-8)17(27)12-16)22(32)28-15(2)26(6,7)24(35)30-19(23(33)34)14-25(3,4)5/h9-12,15,18-19H,1,13-14H2,2-8H3,(H,28,32)(H,29,31)(H,30,35)(H,33,34). The number of nitrogens with one attached hydrogen (secondary N) is 3. The maximum Gasteiger partial charge on any atom is 0.326 e. The normalized spacial score (nSPS) is 14.1. The number of ether oxygens (including phenoxy) is 1. The lowest BCUT2D eigenvalue weighted by atomic mass is 9.82. The minimum absolute atomic E-state index is 0.126. The van der Waals surface area contributed by atoms with Gasteiger partial charge < -0.3 is 25.8 Å². The highest BCUT2D eigenvalue weighted by Gasteiger charge is 2.38. The van der Waals surface area contributed by atoms with E-state index in [1.54, 1.807) is 39.0 Å². The van der Waals surface area contributed by atoms with Gasteiger partial charge in [-0.15, -0.1) is 0 Å². The first kappa shape index (κ1) is 31.0. The van der Waals surface area contributed by atoms with Crippen molar-refractivity contribution in [3.05, 3.63) is 41.4 Å². The molecule has 0 heterocycles. The molecule has 0 aliphatic heterocycles. The summed E-state index contributed by atoms with van der Waals surface area (Å²) in [5.74, 6) is -2.22. The van der Waals surface area contributed by atoms with Gasteiger partial charge in [0.05, 0.1) is 17.5 Å². The molecule has 0 bridgehead atoms. The van der Waals surface area contributed by atoms with Crippen LogP contribution in [0.1, 0.15) is 53.5 Å². The number of aliphatic carboxylic acids is 1. The summed E-state index contributed by atoms with van der Waals surface area (Å²) in [6.07, 6.45) is 1.43. The van der Waals surface area contributed by atoms with E-state index >= 15 is 0 Å². The van der Waals surface area contributed by atoms with Gasteiger partial charge in [0, 0.05) is 12.5 Å². The fourth-order valence-electron chi connectivity index (χ4n) is 3.36. The van der Waals surface area contributed by atoms with E-state index in [0.717, 1.165) is 6.08 Å². The first-order valence-electron chi connectivity index (χ1n) is 11.6. The highest BCUT2D eigenvalue weighted by molar-refractivity contribution is 6.32. The fraction of sp³-hybridized carbons (Fsp3) is 0.538. The topological polar surface area (TPSA) is 134 Å². The number of carboxylic acids is 1. The number of amides is 3. The number of benzene rings is 1. The van der Waals surface area contributed by atoms with Gasteiger partial charge in [-0.3, -0.25) is 14.4 Å². The number of halogens is 1. The van der Waals surface area contributed by atoms with Crippen LogP contribution in [0.5, 0.6) is 5.75 Å². The molecule has 0 aliphatic rings. The van der Waals surface area contributed by atoms with Crippen LogP contribution in [0.4, 0.5) is 0 Å². The summed E-state index contributed by atoms with van der Waals surface area (Å²) in [5, 5.41) is 17.9. The number of methoxy groups -OCH3 is 1. The van der Waals surface area contributed by atoms with Gasteiger partial charge in [-0.1, -0.05) is 45.0 Å². The van der Waals surface area contributed by atoms with Crippen LogP contribution in [-0.4, -0.2) is 54.0 Å². The summed E-state index contributed by atoms with van der Waals surface area (Å²) in [6, 6.07) is 2.29.